The van der Waals surface area contributed by atoms with Crippen LogP contribution in [0.15, 0.2) is 23.8 Å². The summed E-state index contributed by atoms with van der Waals surface area (Å²) in [6.45, 7) is 5.56. The van der Waals surface area contributed by atoms with Gasteiger partial charge in [-0.3, -0.25) is 19.2 Å². The number of aliphatic hydroxyl groups is 1. The Kier molecular flexibility index (Phi) is 5.67. The normalized spacial score (nSPS) is 43.6. The second-order valence-electron chi connectivity index (χ2n) is 10.5. The number of aliphatic hydroxyl groups excluding tert-OH is 1. The molecule has 0 amide bonds. The summed E-state index contributed by atoms with van der Waals surface area (Å²) in [6, 6.07) is 0. The molecule has 0 aliphatic heterocycles. The van der Waals surface area contributed by atoms with Crippen LogP contribution < -0.4 is 0 Å². The Balaban J connectivity index is 1.76. The van der Waals surface area contributed by atoms with E-state index in [4.69, 9.17) is 9.47 Å². The Labute approximate surface area is 192 Å². The highest BCUT2D eigenvalue weighted by molar-refractivity contribution is 6.01. The summed E-state index contributed by atoms with van der Waals surface area (Å²) in [5, 5.41) is 11.4. The molecule has 3 saturated carbocycles. The van der Waals surface area contributed by atoms with E-state index in [1.54, 1.807) is 6.08 Å². The lowest BCUT2D eigenvalue weighted by Gasteiger charge is -2.60. The van der Waals surface area contributed by atoms with E-state index in [1.165, 1.54) is 26.0 Å². The molecule has 3 fully saturated rings. The molecule has 4 aliphatic rings. The van der Waals surface area contributed by atoms with Crippen LogP contribution in [0.4, 0.5) is 4.39 Å². The first kappa shape index (κ1) is 23.8. The molecule has 8 heteroatoms. The summed E-state index contributed by atoms with van der Waals surface area (Å²) >= 11 is 0. The van der Waals surface area contributed by atoms with E-state index >= 15 is 4.39 Å². The standard InChI is InChI=1S/C25H31FO7/c1-13(27)32-12-21(31)25(33-14(2)28)8-6-17-16-10-19(26)18-9-15(29)5-7-23(18,3)22(16)20(30)11-24(17,25)4/h5,7,9,16-17,19-20,22,30H,6,8,10-12H2,1-4H3/t16-,17-,19-,20?,22+,23-,24-,25-/m0/s1. The van der Waals surface area contributed by atoms with Crippen LogP contribution in [0, 0.1) is 28.6 Å². The first-order valence-corrected chi connectivity index (χ1v) is 11.5. The maximum absolute atomic E-state index is 15.4. The highest BCUT2D eigenvalue weighted by Gasteiger charge is 2.71. The van der Waals surface area contributed by atoms with Gasteiger partial charge in [0.2, 0.25) is 5.78 Å². The number of carbonyl (C=O) groups is 4. The van der Waals surface area contributed by atoms with Gasteiger partial charge in [-0.1, -0.05) is 19.9 Å². The van der Waals surface area contributed by atoms with Crippen LogP contribution in [-0.2, 0) is 28.7 Å². The number of allylic oxidation sites excluding steroid dienone is 4. The van der Waals surface area contributed by atoms with Crippen LogP contribution in [0.2, 0.25) is 0 Å². The van der Waals surface area contributed by atoms with Crippen molar-refractivity contribution >= 4 is 23.5 Å². The Morgan fingerprint density at radius 3 is 2.55 bits per heavy atom. The Morgan fingerprint density at radius 2 is 1.91 bits per heavy atom. The maximum Gasteiger partial charge on any atom is 0.303 e. The quantitative estimate of drug-likeness (QED) is 0.640. The summed E-state index contributed by atoms with van der Waals surface area (Å²) in [4.78, 5) is 48.7. The van der Waals surface area contributed by atoms with Crippen molar-refractivity contribution in [2.45, 2.75) is 71.3 Å². The van der Waals surface area contributed by atoms with Crippen molar-refractivity contribution in [3.8, 4) is 0 Å². The number of hydrogen-bond acceptors (Lipinski definition) is 7. The summed E-state index contributed by atoms with van der Waals surface area (Å²) in [6.07, 6.45) is 3.24. The monoisotopic (exact) mass is 462 g/mol. The molecule has 7 nitrogen and oxygen atoms in total. The molecule has 0 heterocycles. The van der Waals surface area contributed by atoms with Gasteiger partial charge in [-0.25, -0.2) is 4.39 Å². The van der Waals surface area contributed by atoms with Gasteiger partial charge in [0, 0.05) is 30.6 Å². The fourth-order valence-electron chi connectivity index (χ4n) is 7.53. The van der Waals surface area contributed by atoms with Gasteiger partial charge in [0.15, 0.2) is 18.0 Å². The molecule has 180 valence electrons. The molecular formula is C25H31FO7. The third kappa shape index (κ3) is 3.40. The number of ketones is 2. The molecule has 0 aromatic carbocycles. The average molecular weight is 463 g/mol. The van der Waals surface area contributed by atoms with E-state index in [0.717, 1.165) is 0 Å². The van der Waals surface area contributed by atoms with E-state index in [9.17, 15) is 24.3 Å². The molecular weight excluding hydrogens is 431 g/mol. The van der Waals surface area contributed by atoms with Gasteiger partial charge >= 0.3 is 11.9 Å². The van der Waals surface area contributed by atoms with Gasteiger partial charge in [-0.2, -0.15) is 0 Å². The van der Waals surface area contributed by atoms with Crippen LogP contribution >= 0.6 is 0 Å². The largest absolute Gasteiger partial charge is 0.458 e. The number of Topliss-reactive ketones (excluding diaryl/α,β-unsaturated/α-hetero) is 1. The molecule has 8 atom stereocenters. The molecule has 0 spiro atoms. The van der Waals surface area contributed by atoms with Crippen molar-refractivity contribution in [3.05, 3.63) is 23.8 Å². The van der Waals surface area contributed by atoms with Gasteiger partial charge < -0.3 is 14.6 Å². The first-order valence-electron chi connectivity index (χ1n) is 11.5. The topological polar surface area (TPSA) is 107 Å². The number of carbonyl (C=O) groups excluding carboxylic acids is 4. The summed E-state index contributed by atoms with van der Waals surface area (Å²) in [7, 11) is 0. The zero-order chi connectivity index (χ0) is 24.3. The van der Waals surface area contributed by atoms with Crippen molar-refractivity contribution < 1.29 is 38.1 Å². The van der Waals surface area contributed by atoms with Crippen LogP contribution in [0.1, 0.15) is 53.4 Å². The molecule has 0 aromatic heterocycles. The molecule has 4 rings (SSSR count). The second-order valence-corrected chi connectivity index (χ2v) is 10.5. The first-order chi connectivity index (χ1) is 15.4. The van der Waals surface area contributed by atoms with Crippen LogP contribution in [0.5, 0.6) is 0 Å². The van der Waals surface area contributed by atoms with Crippen LogP contribution in [-0.4, -0.2) is 53.1 Å². The lowest BCUT2D eigenvalue weighted by molar-refractivity contribution is -0.201. The Morgan fingerprint density at radius 1 is 1.21 bits per heavy atom. The van der Waals surface area contributed by atoms with E-state index in [1.807, 2.05) is 13.8 Å². The van der Waals surface area contributed by atoms with E-state index < -0.39 is 53.0 Å². The van der Waals surface area contributed by atoms with Crippen LogP contribution in [0.3, 0.4) is 0 Å². The molecule has 1 unspecified atom stereocenters. The summed E-state index contributed by atoms with van der Waals surface area (Å²) < 4.78 is 26.1. The number of ether oxygens (including phenoxy) is 2. The highest BCUT2D eigenvalue weighted by atomic mass is 19.1. The van der Waals surface area contributed by atoms with Crippen molar-refractivity contribution in [2.75, 3.05) is 6.61 Å². The predicted molar refractivity (Wildman–Crippen MR) is 114 cm³/mol. The zero-order valence-electron chi connectivity index (χ0n) is 19.4. The third-order valence-electron chi connectivity index (χ3n) is 8.77. The summed E-state index contributed by atoms with van der Waals surface area (Å²) in [5.41, 5.74) is -2.94. The second kappa shape index (κ2) is 7.86. The predicted octanol–water partition coefficient (Wildman–Crippen LogP) is 2.65. The van der Waals surface area contributed by atoms with E-state index in [0.29, 0.717) is 12.0 Å². The molecule has 4 aliphatic carbocycles. The molecule has 0 radical (unpaired) electrons. The number of rotatable bonds is 4. The van der Waals surface area contributed by atoms with E-state index in [2.05, 4.69) is 0 Å². The molecule has 0 saturated heterocycles. The minimum Gasteiger partial charge on any atom is -0.458 e. The average Bonchev–Trinajstić information content (AvgIpc) is 2.99. The Hall–Kier alpha value is -2.35. The minimum absolute atomic E-state index is 0.124. The molecule has 0 aromatic rings. The van der Waals surface area contributed by atoms with E-state index in [-0.39, 0.29) is 42.8 Å². The van der Waals surface area contributed by atoms with Crippen molar-refractivity contribution in [1.29, 1.82) is 0 Å². The number of halogens is 1. The Bertz CT molecular complexity index is 970. The highest BCUT2D eigenvalue weighted by Crippen LogP contribution is 2.68. The SMILES string of the molecule is CC(=O)OCC(=O)[C@@]1(OC(C)=O)CC[C@H]2[C@@H]3C[C@H](F)C4=CC(=O)C=C[C@]4(C)[C@H]3C(O)C[C@@]21C. The smallest absolute Gasteiger partial charge is 0.303 e. The third-order valence-corrected chi connectivity index (χ3v) is 8.77. The van der Waals surface area contributed by atoms with Gasteiger partial charge in [-0.15, -0.1) is 0 Å². The van der Waals surface area contributed by atoms with Crippen LogP contribution in [0.25, 0.3) is 0 Å². The van der Waals surface area contributed by atoms with Gasteiger partial charge in [-0.05, 0) is 55.2 Å². The maximum atomic E-state index is 15.4. The fraction of sp³-hybridized carbons (Fsp3) is 0.680. The van der Waals surface area contributed by atoms with Gasteiger partial charge in [0.25, 0.3) is 0 Å². The number of hydrogen-bond donors (Lipinski definition) is 1. The fourth-order valence-corrected chi connectivity index (χ4v) is 7.53. The zero-order valence-corrected chi connectivity index (χ0v) is 19.4. The minimum atomic E-state index is -1.56. The van der Waals surface area contributed by atoms with Gasteiger partial charge in [0.05, 0.1) is 6.10 Å². The number of fused-ring (bicyclic) bond motifs is 5. The van der Waals surface area contributed by atoms with Crippen molar-refractivity contribution in [1.82, 2.24) is 0 Å². The lowest BCUT2D eigenvalue weighted by atomic mass is 9.46. The van der Waals surface area contributed by atoms with Crippen molar-refractivity contribution in [2.24, 2.45) is 28.6 Å². The van der Waals surface area contributed by atoms with Crippen molar-refractivity contribution in [3.63, 3.8) is 0 Å². The van der Waals surface area contributed by atoms with Gasteiger partial charge in [0.1, 0.15) is 6.17 Å². The number of alkyl halides is 1. The lowest BCUT2D eigenvalue weighted by Crippen LogP contribution is -2.63. The molecule has 33 heavy (non-hydrogen) atoms. The number of esters is 2. The molecule has 0 bridgehead atoms. The molecule has 1 N–H and O–H groups in total. The summed E-state index contributed by atoms with van der Waals surface area (Å²) in [5.74, 6) is -2.86.